The summed E-state index contributed by atoms with van der Waals surface area (Å²) in [6.07, 6.45) is 2.81. The van der Waals surface area contributed by atoms with Crippen molar-refractivity contribution in [2.45, 2.75) is 37.6 Å². The van der Waals surface area contributed by atoms with Crippen molar-refractivity contribution in [2.75, 3.05) is 20.1 Å². The van der Waals surface area contributed by atoms with Gasteiger partial charge in [0.2, 0.25) is 10.0 Å². The third-order valence-electron chi connectivity index (χ3n) is 4.74. The molecular weight excluding hydrogens is 404 g/mol. The largest absolute Gasteiger partial charge is 0.337 e. The minimum absolute atomic E-state index is 0.213. The third-order valence-corrected chi connectivity index (χ3v) is 7.99. The molecule has 146 valence electrons. The molecule has 3 rings (SSSR count). The first-order chi connectivity index (χ1) is 12.8. The van der Waals surface area contributed by atoms with E-state index in [1.54, 1.807) is 37.1 Å². The van der Waals surface area contributed by atoms with E-state index in [2.05, 4.69) is 0 Å². The van der Waals surface area contributed by atoms with E-state index in [0.717, 1.165) is 24.1 Å². The number of aryl methyl sites for hydroxylation is 1. The molecule has 1 aliphatic heterocycles. The Bertz CT molecular complexity index is 934. The second-order valence-electron chi connectivity index (χ2n) is 6.81. The molecule has 0 N–H and O–H groups in total. The second-order valence-corrected chi connectivity index (χ2v) is 10.5. The Hall–Kier alpha value is -1.41. The molecule has 0 radical (unpaired) electrons. The molecule has 2 aromatic rings. The Morgan fingerprint density at radius 1 is 1.19 bits per heavy atom. The molecular formula is C19H23ClN2O3S2. The smallest absolute Gasteiger partial charge is 0.253 e. The van der Waals surface area contributed by atoms with E-state index in [-0.39, 0.29) is 10.8 Å². The van der Waals surface area contributed by atoms with Gasteiger partial charge in [-0.15, -0.1) is 11.3 Å². The SMILES string of the molecule is Cc1ccc(C(=O)N(C)Cc2ccc(Cl)s2)cc1S(=O)(=O)N1CCCCC1. The zero-order chi connectivity index (χ0) is 19.6. The average molecular weight is 427 g/mol. The lowest BCUT2D eigenvalue weighted by molar-refractivity contribution is 0.0786. The van der Waals surface area contributed by atoms with Crippen LogP contribution in [0.1, 0.15) is 40.1 Å². The standard InChI is InChI=1S/C19H23ClN2O3S2/c1-14-6-7-15(19(23)21(2)13-16-8-9-18(20)26-16)12-17(14)27(24,25)22-10-4-3-5-11-22/h6-9,12H,3-5,10-11,13H2,1-2H3. The van der Waals surface area contributed by atoms with Crippen LogP contribution >= 0.6 is 22.9 Å². The summed E-state index contributed by atoms with van der Waals surface area (Å²) < 4.78 is 28.3. The molecule has 1 aliphatic rings. The number of piperidine rings is 1. The summed E-state index contributed by atoms with van der Waals surface area (Å²) in [5.41, 5.74) is 1.03. The summed E-state index contributed by atoms with van der Waals surface area (Å²) >= 11 is 7.37. The van der Waals surface area contributed by atoms with Gasteiger partial charge >= 0.3 is 0 Å². The molecule has 0 saturated carbocycles. The van der Waals surface area contributed by atoms with Crippen molar-refractivity contribution in [3.63, 3.8) is 0 Å². The second kappa shape index (κ2) is 8.31. The maximum Gasteiger partial charge on any atom is 0.253 e. The molecule has 5 nitrogen and oxygen atoms in total. The lowest BCUT2D eigenvalue weighted by Crippen LogP contribution is -2.36. The molecule has 0 atom stereocenters. The highest BCUT2D eigenvalue weighted by atomic mass is 35.5. The zero-order valence-electron chi connectivity index (χ0n) is 15.4. The van der Waals surface area contributed by atoms with Gasteiger partial charge in [0.05, 0.1) is 15.8 Å². The molecule has 1 fully saturated rings. The van der Waals surface area contributed by atoms with Crippen molar-refractivity contribution in [3.05, 3.63) is 50.7 Å². The van der Waals surface area contributed by atoms with Crippen molar-refractivity contribution in [2.24, 2.45) is 0 Å². The number of thiophene rings is 1. The summed E-state index contributed by atoms with van der Waals surface area (Å²) in [5, 5.41) is 0. The number of sulfonamides is 1. The molecule has 8 heteroatoms. The van der Waals surface area contributed by atoms with Crippen molar-refractivity contribution in [1.29, 1.82) is 0 Å². The Labute approximate surface area is 169 Å². The zero-order valence-corrected chi connectivity index (χ0v) is 17.8. The number of nitrogens with zero attached hydrogens (tertiary/aromatic N) is 2. The Morgan fingerprint density at radius 3 is 2.52 bits per heavy atom. The molecule has 0 unspecified atom stereocenters. The molecule has 1 aromatic carbocycles. The lowest BCUT2D eigenvalue weighted by Gasteiger charge is -2.27. The van der Waals surface area contributed by atoms with Gasteiger partial charge in [-0.25, -0.2) is 8.42 Å². The fourth-order valence-electron chi connectivity index (χ4n) is 3.22. The molecule has 1 aromatic heterocycles. The maximum absolute atomic E-state index is 13.0. The number of amides is 1. The van der Waals surface area contributed by atoms with Crippen molar-refractivity contribution in [1.82, 2.24) is 9.21 Å². The van der Waals surface area contributed by atoms with E-state index in [4.69, 9.17) is 11.6 Å². The Kier molecular flexibility index (Phi) is 6.25. The van der Waals surface area contributed by atoms with E-state index in [0.29, 0.717) is 35.1 Å². The van der Waals surface area contributed by atoms with Crippen LogP contribution in [0, 0.1) is 6.92 Å². The number of carbonyl (C=O) groups excluding carboxylic acids is 1. The molecule has 0 spiro atoms. The van der Waals surface area contributed by atoms with Gasteiger partial charge in [0.1, 0.15) is 0 Å². The van der Waals surface area contributed by atoms with Crippen LogP contribution in [-0.4, -0.2) is 43.7 Å². The number of carbonyl (C=O) groups is 1. The van der Waals surface area contributed by atoms with Crippen molar-refractivity contribution >= 4 is 38.9 Å². The lowest BCUT2D eigenvalue weighted by atomic mass is 10.1. The van der Waals surface area contributed by atoms with Gasteiger partial charge in [-0.1, -0.05) is 24.1 Å². The summed E-state index contributed by atoms with van der Waals surface area (Å²) in [6, 6.07) is 8.59. The van der Waals surface area contributed by atoms with Crippen LogP contribution in [0.25, 0.3) is 0 Å². The molecule has 0 bridgehead atoms. The highest BCUT2D eigenvalue weighted by Crippen LogP contribution is 2.26. The van der Waals surface area contributed by atoms with Crippen LogP contribution in [0.15, 0.2) is 35.2 Å². The topological polar surface area (TPSA) is 57.7 Å². The van der Waals surface area contributed by atoms with Gasteiger partial charge in [0, 0.05) is 30.6 Å². The minimum atomic E-state index is -3.58. The predicted molar refractivity (Wildman–Crippen MR) is 109 cm³/mol. The van der Waals surface area contributed by atoms with Crippen molar-refractivity contribution < 1.29 is 13.2 Å². The van der Waals surface area contributed by atoms with Crippen LogP contribution in [0.2, 0.25) is 4.34 Å². The quantitative estimate of drug-likeness (QED) is 0.721. The van der Waals surface area contributed by atoms with Crippen LogP contribution in [0.3, 0.4) is 0 Å². The molecule has 1 saturated heterocycles. The fourth-order valence-corrected chi connectivity index (χ4v) is 6.13. The van der Waals surface area contributed by atoms with E-state index >= 15 is 0 Å². The normalized spacial score (nSPS) is 15.7. The van der Waals surface area contributed by atoms with Gasteiger partial charge in [0.25, 0.3) is 5.91 Å². The summed E-state index contributed by atoms with van der Waals surface area (Å²) in [5.74, 6) is -0.213. The van der Waals surface area contributed by atoms with Crippen molar-refractivity contribution in [3.8, 4) is 0 Å². The number of hydrogen-bond acceptors (Lipinski definition) is 4. The third kappa shape index (κ3) is 4.54. The number of halogens is 1. The maximum atomic E-state index is 13.0. The Morgan fingerprint density at radius 2 is 1.89 bits per heavy atom. The monoisotopic (exact) mass is 426 g/mol. The first-order valence-electron chi connectivity index (χ1n) is 8.89. The molecule has 2 heterocycles. The number of hydrogen-bond donors (Lipinski definition) is 0. The summed E-state index contributed by atoms with van der Waals surface area (Å²) in [6.45, 7) is 3.28. The van der Waals surface area contributed by atoms with Gasteiger partial charge in [-0.3, -0.25) is 4.79 Å². The summed E-state index contributed by atoms with van der Waals surface area (Å²) in [7, 11) is -1.88. The molecule has 1 amide bonds. The number of rotatable bonds is 5. The van der Waals surface area contributed by atoms with Gasteiger partial charge in [-0.05, 0) is 49.6 Å². The van der Waals surface area contributed by atoms with Gasteiger partial charge in [0.15, 0.2) is 0 Å². The van der Waals surface area contributed by atoms with E-state index in [1.807, 2.05) is 6.07 Å². The summed E-state index contributed by atoms with van der Waals surface area (Å²) in [4.78, 5) is 15.6. The first-order valence-corrected chi connectivity index (χ1v) is 11.5. The van der Waals surface area contributed by atoms with Gasteiger partial charge in [-0.2, -0.15) is 4.31 Å². The fraction of sp³-hybridized carbons (Fsp3) is 0.421. The van der Waals surface area contributed by atoms with Crippen LogP contribution in [0.4, 0.5) is 0 Å². The highest BCUT2D eigenvalue weighted by Gasteiger charge is 2.28. The van der Waals surface area contributed by atoms with Crippen LogP contribution < -0.4 is 0 Å². The minimum Gasteiger partial charge on any atom is -0.337 e. The predicted octanol–water partition coefficient (Wildman–Crippen LogP) is 4.16. The first kappa shape index (κ1) is 20.3. The molecule has 27 heavy (non-hydrogen) atoms. The van der Waals surface area contributed by atoms with E-state index in [1.165, 1.54) is 21.7 Å². The van der Waals surface area contributed by atoms with E-state index < -0.39 is 10.0 Å². The van der Waals surface area contributed by atoms with Gasteiger partial charge < -0.3 is 4.90 Å². The van der Waals surface area contributed by atoms with E-state index in [9.17, 15) is 13.2 Å². The van der Waals surface area contributed by atoms with Crippen LogP contribution in [-0.2, 0) is 16.6 Å². The number of benzene rings is 1. The Balaban J connectivity index is 1.84. The average Bonchev–Trinajstić information content (AvgIpc) is 3.06. The van der Waals surface area contributed by atoms with Crippen LogP contribution in [0.5, 0.6) is 0 Å². The highest BCUT2D eigenvalue weighted by molar-refractivity contribution is 7.89. The molecule has 0 aliphatic carbocycles.